The van der Waals surface area contributed by atoms with E-state index >= 15 is 0 Å². The summed E-state index contributed by atoms with van der Waals surface area (Å²) in [6, 6.07) is 4.86. The van der Waals surface area contributed by atoms with Gasteiger partial charge >= 0.3 is 0 Å². The molecule has 0 bridgehead atoms. The smallest absolute Gasteiger partial charge is 0.0869 e. The third-order valence-corrected chi connectivity index (χ3v) is 2.88. The maximum absolute atomic E-state index is 8.72. The zero-order chi connectivity index (χ0) is 11.1. The Balaban J connectivity index is 2.50. The highest BCUT2D eigenvalue weighted by Gasteiger charge is 2.25. The minimum absolute atomic E-state index is 0.455. The zero-order valence-corrected chi connectivity index (χ0v) is 9.32. The molecule has 1 aliphatic rings. The molecule has 1 atom stereocenters. The van der Waals surface area contributed by atoms with E-state index in [4.69, 9.17) is 10.5 Å². The molecule has 0 aliphatic carbocycles. The Labute approximate surface area is 91.7 Å². The van der Waals surface area contributed by atoms with Gasteiger partial charge in [0.25, 0.3) is 0 Å². The highest BCUT2D eigenvalue weighted by molar-refractivity contribution is 4.90. The lowest BCUT2D eigenvalue weighted by Gasteiger charge is -2.39. The second kappa shape index (κ2) is 6.40. The van der Waals surface area contributed by atoms with Crippen LogP contribution < -0.4 is 0 Å². The Kier molecular flexibility index (Phi) is 5.10. The Hall–Kier alpha value is -1.10. The Morgan fingerprint density at radius 1 is 1.20 bits per heavy atom. The van der Waals surface area contributed by atoms with E-state index in [-0.39, 0.29) is 0 Å². The van der Waals surface area contributed by atoms with Gasteiger partial charge in [0.1, 0.15) is 0 Å². The van der Waals surface area contributed by atoms with Crippen LogP contribution in [0.3, 0.4) is 0 Å². The summed E-state index contributed by atoms with van der Waals surface area (Å²) >= 11 is 0. The first-order valence-corrected chi connectivity index (χ1v) is 5.52. The molecule has 0 amide bonds. The van der Waals surface area contributed by atoms with Crippen LogP contribution in [0.2, 0.25) is 0 Å². The average molecular weight is 206 g/mol. The van der Waals surface area contributed by atoms with Gasteiger partial charge in [0.05, 0.1) is 25.2 Å². The second-order valence-electron chi connectivity index (χ2n) is 3.96. The van der Waals surface area contributed by atoms with Crippen molar-refractivity contribution in [3.05, 3.63) is 0 Å². The number of hydrogen-bond donors (Lipinski definition) is 0. The molecule has 0 spiro atoms. The number of rotatable bonds is 4. The summed E-state index contributed by atoms with van der Waals surface area (Å²) in [4.78, 5) is 4.41. The van der Waals surface area contributed by atoms with Gasteiger partial charge in [0.15, 0.2) is 0 Å². The van der Waals surface area contributed by atoms with E-state index in [2.05, 4.69) is 28.9 Å². The summed E-state index contributed by atoms with van der Waals surface area (Å²) in [7, 11) is 0. The van der Waals surface area contributed by atoms with Gasteiger partial charge in [0, 0.05) is 25.7 Å². The lowest BCUT2D eigenvalue weighted by atomic mass is 10.1. The monoisotopic (exact) mass is 206 g/mol. The van der Waals surface area contributed by atoms with Crippen molar-refractivity contribution >= 4 is 0 Å². The van der Waals surface area contributed by atoms with Gasteiger partial charge in [-0.25, -0.2) is 0 Å². The fourth-order valence-electron chi connectivity index (χ4n) is 2.11. The van der Waals surface area contributed by atoms with Gasteiger partial charge in [-0.15, -0.1) is 0 Å². The molecule has 1 saturated heterocycles. The number of nitrogens with zero attached hydrogens (tertiary/aromatic N) is 4. The second-order valence-corrected chi connectivity index (χ2v) is 3.96. The molecule has 0 saturated carbocycles. The molecule has 0 aromatic carbocycles. The predicted octanol–water partition coefficient (Wildman–Crippen LogP) is 0.820. The van der Waals surface area contributed by atoms with Crippen LogP contribution in [-0.2, 0) is 0 Å². The summed E-state index contributed by atoms with van der Waals surface area (Å²) in [5.41, 5.74) is 0. The average Bonchev–Trinajstić information content (AvgIpc) is 2.23. The van der Waals surface area contributed by atoms with Crippen molar-refractivity contribution in [1.82, 2.24) is 9.80 Å². The van der Waals surface area contributed by atoms with E-state index in [0.29, 0.717) is 19.1 Å². The summed E-state index contributed by atoms with van der Waals surface area (Å²) in [5.74, 6) is 0. The van der Waals surface area contributed by atoms with Gasteiger partial charge in [-0.3, -0.25) is 9.80 Å². The van der Waals surface area contributed by atoms with Crippen LogP contribution in [0, 0.1) is 22.7 Å². The minimum atomic E-state index is 0.455. The van der Waals surface area contributed by atoms with Crippen LogP contribution >= 0.6 is 0 Å². The van der Waals surface area contributed by atoms with Gasteiger partial charge in [-0.05, 0) is 6.42 Å². The number of nitriles is 2. The normalized spacial score (nSPS) is 23.3. The van der Waals surface area contributed by atoms with Crippen molar-refractivity contribution in [2.75, 3.05) is 32.7 Å². The highest BCUT2D eigenvalue weighted by Crippen LogP contribution is 2.13. The van der Waals surface area contributed by atoms with E-state index in [1.54, 1.807) is 0 Å². The number of hydrogen-bond acceptors (Lipinski definition) is 4. The highest BCUT2D eigenvalue weighted by atomic mass is 15.3. The molecule has 82 valence electrons. The number of piperazine rings is 1. The third-order valence-electron chi connectivity index (χ3n) is 2.88. The molecule has 4 heteroatoms. The molecule has 0 N–H and O–H groups in total. The molecule has 0 aromatic heterocycles. The van der Waals surface area contributed by atoms with Crippen LogP contribution in [0.4, 0.5) is 0 Å². The molecule has 15 heavy (non-hydrogen) atoms. The van der Waals surface area contributed by atoms with Crippen molar-refractivity contribution < 1.29 is 0 Å². The van der Waals surface area contributed by atoms with Crippen LogP contribution in [0.25, 0.3) is 0 Å². The van der Waals surface area contributed by atoms with E-state index in [1.165, 1.54) is 0 Å². The Bertz CT molecular complexity index is 263. The summed E-state index contributed by atoms with van der Waals surface area (Å²) < 4.78 is 0. The van der Waals surface area contributed by atoms with E-state index in [0.717, 1.165) is 32.5 Å². The summed E-state index contributed by atoms with van der Waals surface area (Å²) in [6.07, 6.45) is 2.25. The minimum Gasteiger partial charge on any atom is -0.288 e. The van der Waals surface area contributed by atoms with Gasteiger partial charge in [-0.1, -0.05) is 13.3 Å². The quantitative estimate of drug-likeness (QED) is 0.639. The first-order chi connectivity index (χ1) is 7.31. The lowest BCUT2D eigenvalue weighted by molar-refractivity contribution is 0.0882. The first kappa shape index (κ1) is 12.0. The summed E-state index contributed by atoms with van der Waals surface area (Å²) in [6.45, 7) is 5.96. The van der Waals surface area contributed by atoms with Crippen molar-refractivity contribution in [3.8, 4) is 12.1 Å². The molecule has 1 unspecified atom stereocenters. The van der Waals surface area contributed by atoms with Gasteiger partial charge < -0.3 is 0 Å². The standard InChI is InChI=1S/C11H18N4/c1-2-3-11-10-14(6-4-12)8-9-15(11)7-5-13/h11H,2-3,6-10H2,1H3. The topological polar surface area (TPSA) is 54.1 Å². The molecule has 0 radical (unpaired) electrons. The molecule has 1 rings (SSSR count). The predicted molar refractivity (Wildman–Crippen MR) is 57.9 cm³/mol. The van der Waals surface area contributed by atoms with Crippen LogP contribution in [-0.4, -0.2) is 48.6 Å². The van der Waals surface area contributed by atoms with Crippen LogP contribution in [0.15, 0.2) is 0 Å². The SMILES string of the molecule is CCCC1CN(CC#N)CCN1CC#N. The first-order valence-electron chi connectivity index (χ1n) is 5.52. The van der Waals surface area contributed by atoms with Gasteiger partial charge in [0.2, 0.25) is 0 Å². The van der Waals surface area contributed by atoms with Crippen molar-refractivity contribution in [2.24, 2.45) is 0 Å². The molecular weight excluding hydrogens is 188 g/mol. The molecule has 1 aliphatic heterocycles. The van der Waals surface area contributed by atoms with Crippen molar-refractivity contribution in [2.45, 2.75) is 25.8 Å². The van der Waals surface area contributed by atoms with Crippen LogP contribution in [0.5, 0.6) is 0 Å². The fourth-order valence-corrected chi connectivity index (χ4v) is 2.11. The zero-order valence-electron chi connectivity index (χ0n) is 9.32. The fraction of sp³-hybridized carbons (Fsp3) is 0.818. The molecule has 1 heterocycles. The van der Waals surface area contributed by atoms with Crippen molar-refractivity contribution in [1.29, 1.82) is 10.5 Å². The molecule has 4 nitrogen and oxygen atoms in total. The van der Waals surface area contributed by atoms with E-state index in [1.807, 2.05) is 0 Å². The maximum Gasteiger partial charge on any atom is 0.0869 e. The third kappa shape index (κ3) is 3.51. The lowest BCUT2D eigenvalue weighted by Crippen LogP contribution is -2.53. The Morgan fingerprint density at radius 2 is 1.93 bits per heavy atom. The molecule has 0 aromatic rings. The largest absolute Gasteiger partial charge is 0.288 e. The van der Waals surface area contributed by atoms with Gasteiger partial charge in [-0.2, -0.15) is 10.5 Å². The van der Waals surface area contributed by atoms with E-state index in [9.17, 15) is 0 Å². The van der Waals surface area contributed by atoms with E-state index < -0.39 is 0 Å². The Morgan fingerprint density at radius 3 is 2.53 bits per heavy atom. The molecule has 1 fully saturated rings. The maximum atomic E-state index is 8.72. The van der Waals surface area contributed by atoms with Crippen molar-refractivity contribution in [3.63, 3.8) is 0 Å². The van der Waals surface area contributed by atoms with Crippen LogP contribution in [0.1, 0.15) is 19.8 Å². The summed E-state index contributed by atoms with van der Waals surface area (Å²) in [5, 5.41) is 17.4. The molecular formula is C11H18N4.